The minimum atomic E-state index is -0.820. The number of halogens is 1. The molecule has 0 radical (unpaired) electrons. The normalized spacial score (nSPS) is 16.1. The molecule has 26 heavy (non-hydrogen) atoms. The van der Waals surface area contributed by atoms with Crippen molar-refractivity contribution in [3.63, 3.8) is 0 Å². The molecule has 0 aromatic carbocycles. The van der Waals surface area contributed by atoms with Gasteiger partial charge in [-0.25, -0.2) is 14.2 Å². The molecular formula is C17H21FN4O4. The smallest absolute Gasteiger partial charge is 0.410 e. The first kappa shape index (κ1) is 18.1. The Hall–Kier alpha value is -2.71. The maximum atomic E-state index is 13.4. The molecule has 1 N–H and O–H groups in total. The van der Waals surface area contributed by atoms with Gasteiger partial charge in [0.2, 0.25) is 0 Å². The summed E-state index contributed by atoms with van der Waals surface area (Å²) in [6.45, 7) is 6.17. The van der Waals surface area contributed by atoms with E-state index in [9.17, 15) is 18.8 Å². The first-order valence-electron chi connectivity index (χ1n) is 8.44. The average Bonchev–Trinajstić information content (AvgIpc) is 2.55. The second-order valence-electron chi connectivity index (χ2n) is 7.35. The third-order valence-electron chi connectivity index (χ3n) is 4.20. The fourth-order valence-electron chi connectivity index (χ4n) is 3.07. The zero-order chi connectivity index (χ0) is 19.1. The van der Waals surface area contributed by atoms with Gasteiger partial charge in [-0.3, -0.25) is 14.2 Å². The molecule has 0 saturated carbocycles. The Morgan fingerprint density at radius 2 is 1.96 bits per heavy atom. The summed E-state index contributed by atoms with van der Waals surface area (Å²) >= 11 is 0. The van der Waals surface area contributed by atoms with Crippen LogP contribution in [0, 0.1) is 5.82 Å². The van der Waals surface area contributed by atoms with Crippen molar-refractivity contribution < 1.29 is 13.9 Å². The number of aromatic nitrogens is 3. The molecule has 0 spiro atoms. The Morgan fingerprint density at radius 1 is 1.31 bits per heavy atom. The summed E-state index contributed by atoms with van der Waals surface area (Å²) in [5.74, 6) is -0.599. The molecule has 140 valence electrons. The number of likely N-dealkylation sites (tertiary alicyclic amines) is 1. The lowest BCUT2D eigenvalue weighted by Gasteiger charge is -2.34. The van der Waals surface area contributed by atoms with Crippen LogP contribution in [0.5, 0.6) is 0 Å². The van der Waals surface area contributed by atoms with E-state index in [2.05, 4.69) is 9.97 Å². The van der Waals surface area contributed by atoms with Gasteiger partial charge in [0, 0.05) is 25.2 Å². The maximum absolute atomic E-state index is 13.4. The number of pyridine rings is 1. The van der Waals surface area contributed by atoms with E-state index in [0.29, 0.717) is 25.9 Å². The van der Waals surface area contributed by atoms with E-state index in [0.717, 1.165) is 12.3 Å². The lowest BCUT2D eigenvalue weighted by Crippen LogP contribution is -2.45. The van der Waals surface area contributed by atoms with Gasteiger partial charge in [-0.2, -0.15) is 0 Å². The van der Waals surface area contributed by atoms with Crippen LogP contribution in [0.1, 0.15) is 39.7 Å². The van der Waals surface area contributed by atoms with Crippen molar-refractivity contribution in [2.75, 3.05) is 13.1 Å². The number of piperidine rings is 1. The van der Waals surface area contributed by atoms with Gasteiger partial charge in [-0.15, -0.1) is 0 Å². The van der Waals surface area contributed by atoms with Gasteiger partial charge in [0.15, 0.2) is 5.65 Å². The Labute approximate surface area is 148 Å². The highest BCUT2D eigenvalue weighted by molar-refractivity contribution is 5.70. The van der Waals surface area contributed by atoms with Crippen LogP contribution in [0.2, 0.25) is 0 Å². The number of carbonyl (C=O) groups excluding carboxylic acids is 1. The number of hydrogen-bond acceptors (Lipinski definition) is 5. The van der Waals surface area contributed by atoms with Crippen molar-refractivity contribution >= 4 is 17.3 Å². The molecule has 1 fully saturated rings. The van der Waals surface area contributed by atoms with Crippen LogP contribution in [0.25, 0.3) is 11.2 Å². The van der Waals surface area contributed by atoms with Crippen molar-refractivity contribution in [2.24, 2.45) is 0 Å². The topological polar surface area (TPSA) is 97.3 Å². The number of hydrogen-bond donors (Lipinski definition) is 1. The highest BCUT2D eigenvalue weighted by Gasteiger charge is 2.29. The Balaban J connectivity index is 1.86. The molecule has 9 heteroatoms. The predicted octanol–water partition coefficient (Wildman–Crippen LogP) is 1.80. The zero-order valence-electron chi connectivity index (χ0n) is 14.9. The van der Waals surface area contributed by atoms with Gasteiger partial charge in [-0.1, -0.05) is 0 Å². The Bertz CT molecular complexity index is 952. The van der Waals surface area contributed by atoms with Crippen LogP contribution < -0.4 is 11.1 Å². The van der Waals surface area contributed by atoms with Crippen molar-refractivity contribution in [2.45, 2.75) is 45.3 Å². The molecule has 2 aromatic heterocycles. The Kier molecular flexibility index (Phi) is 4.55. The van der Waals surface area contributed by atoms with E-state index in [1.54, 1.807) is 25.7 Å². The number of nitrogens with zero attached hydrogens (tertiary/aromatic N) is 3. The molecule has 8 nitrogen and oxygen atoms in total. The third-order valence-corrected chi connectivity index (χ3v) is 4.20. The number of fused-ring (bicyclic) bond motifs is 1. The minimum absolute atomic E-state index is 0.171. The molecule has 3 rings (SSSR count). The molecule has 1 saturated heterocycles. The number of amides is 1. The van der Waals surface area contributed by atoms with Crippen LogP contribution in [0.4, 0.5) is 9.18 Å². The van der Waals surface area contributed by atoms with Crippen molar-refractivity contribution in [1.82, 2.24) is 19.4 Å². The van der Waals surface area contributed by atoms with E-state index in [1.807, 2.05) is 0 Å². The molecule has 0 unspecified atom stereocenters. The van der Waals surface area contributed by atoms with Gasteiger partial charge >= 0.3 is 17.2 Å². The summed E-state index contributed by atoms with van der Waals surface area (Å²) in [5, 5.41) is 0. The summed E-state index contributed by atoms with van der Waals surface area (Å²) in [6.07, 6.45) is 1.54. The van der Waals surface area contributed by atoms with E-state index in [4.69, 9.17) is 4.74 Å². The van der Waals surface area contributed by atoms with Crippen LogP contribution in [-0.2, 0) is 4.74 Å². The largest absolute Gasteiger partial charge is 0.444 e. The van der Waals surface area contributed by atoms with Gasteiger partial charge in [0.05, 0.1) is 11.7 Å². The fraction of sp³-hybridized carbons (Fsp3) is 0.529. The first-order valence-corrected chi connectivity index (χ1v) is 8.44. The van der Waals surface area contributed by atoms with Crippen LogP contribution >= 0.6 is 0 Å². The molecule has 1 amide bonds. The molecule has 3 heterocycles. The van der Waals surface area contributed by atoms with Crippen molar-refractivity contribution in [3.05, 3.63) is 38.8 Å². The van der Waals surface area contributed by atoms with Gasteiger partial charge in [0.1, 0.15) is 11.4 Å². The summed E-state index contributed by atoms with van der Waals surface area (Å²) in [4.78, 5) is 44.3. The van der Waals surface area contributed by atoms with E-state index < -0.39 is 28.6 Å². The second-order valence-corrected chi connectivity index (χ2v) is 7.35. The van der Waals surface area contributed by atoms with Crippen LogP contribution in [-0.4, -0.2) is 44.2 Å². The van der Waals surface area contributed by atoms with Crippen LogP contribution in [0.3, 0.4) is 0 Å². The van der Waals surface area contributed by atoms with Crippen molar-refractivity contribution in [1.29, 1.82) is 0 Å². The lowest BCUT2D eigenvalue weighted by atomic mass is 10.0. The molecular weight excluding hydrogens is 343 g/mol. The molecule has 2 aromatic rings. The summed E-state index contributed by atoms with van der Waals surface area (Å²) in [5.41, 5.74) is -1.73. The quantitative estimate of drug-likeness (QED) is 0.778. The Morgan fingerprint density at radius 3 is 2.58 bits per heavy atom. The molecule has 0 atom stereocenters. The van der Waals surface area contributed by atoms with Gasteiger partial charge in [-0.05, 0) is 33.6 Å². The highest BCUT2D eigenvalue weighted by Crippen LogP contribution is 2.24. The monoisotopic (exact) mass is 364 g/mol. The summed E-state index contributed by atoms with van der Waals surface area (Å²) in [6, 6.07) is 0.833. The van der Waals surface area contributed by atoms with Crippen LogP contribution in [0.15, 0.2) is 21.9 Å². The standard InChI is InChI=1S/C17H21FN4O4/c1-17(2,3)26-16(25)21-6-4-11(5-7-21)22-13-12(8-10(18)9-19-13)20-14(23)15(22)24/h8-9,11H,4-7H2,1-3H3,(H,20,23). The number of rotatable bonds is 1. The average molecular weight is 364 g/mol. The third kappa shape index (κ3) is 3.61. The molecule has 0 bridgehead atoms. The number of aromatic amines is 1. The number of ether oxygens (including phenoxy) is 1. The predicted molar refractivity (Wildman–Crippen MR) is 92.7 cm³/mol. The first-order chi connectivity index (χ1) is 12.2. The number of nitrogens with one attached hydrogen (secondary N) is 1. The summed E-state index contributed by atoms with van der Waals surface area (Å²) < 4.78 is 20.0. The lowest BCUT2D eigenvalue weighted by molar-refractivity contribution is 0.0188. The minimum Gasteiger partial charge on any atom is -0.444 e. The van der Waals surface area contributed by atoms with Gasteiger partial charge < -0.3 is 14.6 Å². The number of H-pyrrole nitrogens is 1. The van der Waals surface area contributed by atoms with E-state index in [-0.39, 0.29) is 17.2 Å². The number of carbonyl (C=O) groups is 1. The summed E-state index contributed by atoms with van der Waals surface area (Å²) in [7, 11) is 0. The fourth-order valence-corrected chi connectivity index (χ4v) is 3.07. The molecule has 0 aliphatic carbocycles. The van der Waals surface area contributed by atoms with E-state index >= 15 is 0 Å². The van der Waals surface area contributed by atoms with Crippen molar-refractivity contribution in [3.8, 4) is 0 Å². The second kappa shape index (κ2) is 6.54. The van der Waals surface area contributed by atoms with Gasteiger partial charge in [0.25, 0.3) is 0 Å². The zero-order valence-corrected chi connectivity index (χ0v) is 14.9. The molecule has 1 aliphatic heterocycles. The van der Waals surface area contributed by atoms with E-state index in [1.165, 1.54) is 4.57 Å². The molecule has 1 aliphatic rings. The SMILES string of the molecule is CC(C)(C)OC(=O)N1CCC(n2c(=O)c(=O)[nH]c3cc(F)cnc32)CC1. The maximum Gasteiger partial charge on any atom is 0.410 e. The highest BCUT2D eigenvalue weighted by atomic mass is 19.1.